The molecule has 0 spiro atoms. The van der Waals surface area contributed by atoms with Crippen LogP contribution in [-0.4, -0.2) is 23.5 Å². The Kier molecular flexibility index (Phi) is 4.94. The van der Waals surface area contributed by atoms with Crippen LogP contribution in [0.2, 0.25) is 0 Å². The van der Waals surface area contributed by atoms with Gasteiger partial charge in [0.1, 0.15) is 5.82 Å². The van der Waals surface area contributed by atoms with Crippen LogP contribution in [0.15, 0.2) is 24.3 Å². The zero-order valence-corrected chi connectivity index (χ0v) is 11.9. The Morgan fingerprint density at radius 1 is 1.32 bits per heavy atom. The third kappa shape index (κ3) is 3.34. The van der Waals surface area contributed by atoms with Gasteiger partial charge in [0.25, 0.3) is 0 Å². The van der Waals surface area contributed by atoms with Crippen molar-refractivity contribution >= 4 is 0 Å². The van der Waals surface area contributed by atoms with Crippen LogP contribution in [0.3, 0.4) is 0 Å². The third-order valence-electron chi connectivity index (χ3n) is 4.34. The number of hydrogen-bond donors (Lipinski definition) is 1. The second kappa shape index (κ2) is 6.49. The van der Waals surface area contributed by atoms with Crippen LogP contribution < -0.4 is 5.73 Å². The number of nitrogens with zero attached hydrogens (tertiary/aromatic N) is 1. The Morgan fingerprint density at radius 3 is 2.63 bits per heavy atom. The molecule has 1 aliphatic rings. The maximum atomic E-state index is 13.3. The second-order valence-electron chi connectivity index (χ2n) is 5.69. The average Bonchev–Trinajstić information content (AvgIpc) is 2.88. The molecule has 1 aromatic rings. The van der Waals surface area contributed by atoms with E-state index < -0.39 is 0 Å². The summed E-state index contributed by atoms with van der Waals surface area (Å²) in [7, 11) is 0. The highest BCUT2D eigenvalue weighted by atomic mass is 19.1. The smallest absolute Gasteiger partial charge is 0.123 e. The normalized spacial score (nSPS) is 18.1. The van der Waals surface area contributed by atoms with Gasteiger partial charge < -0.3 is 5.73 Å². The number of nitrogens with two attached hydrogens (primary N) is 1. The summed E-state index contributed by atoms with van der Waals surface area (Å²) in [4.78, 5) is 2.48. The molecule has 0 amide bonds. The van der Waals surface area contributed by atoms with Crippen LogP contribution in [0.4, 0.5) is 4.39 Å². The molecule has 0 heterocycles. The maximum absolute atomic E-state index is 13.3. The van der Waals surface area contributed by atoms with E-state index in [0.717, 1.165) is 25.1 Å². The molecule has 106 valence electrons. The molecule has 19 heavy (non-hydrogen) atoms. The van der Waals surface area contributed by atoms with Crippen molar-refractivity contribution in [1.29, 1.82) is 0 Å². The molecule has 1 fully saturated rings. The largest absolute Gasteiger partial charge is 0.329 e. The van der Waals surface area contributed by atoms with Gasteiger partial charge in [-0.05, 0) is 43.5 Å². The summed E-state index contributed by atoms with van der Waals surface area (Å²) in [6.45, 7) is 4.75. The summed E-state index contributed by atoms with van der Waals surface area (Å²) in [5, 5.41) is 0. The first kappa shape index (κ1) is 14.5. The fourth-order valence-corrected chi connectivity index (χ4v) is 3.29. The van der Waals surface area contributed by atoms with Crippen molar-refractivity contribution in [2.75, 3.05) is 13.1 Å². The number of halogens is 1. The van der Waals surface area contributed by atoms with Crippen LogP contribution >= 0.6 is 0 Å². The molecule has 0 atom stereocenters. The molecular formula is C16H25FN2. The lowest BCUT2D eigenvalue weighted by Crippen LogP contribution is -2.51. The molecule has 2 rings (SSSR count). The predicted octanol–water partition coefficient (Wildman–Crippen LogP) is 3.31. The lowest BCUT2D eigenvalue weighted by molar-refractivity contribution is 0.0903. The molecule has 0 unspecified atom stereocenters. The summed E-state index contributed by atoms with van der Waals surface area (Å²) in [5.74, 6) is -0.151. The molecule has 0 bridgehead atoms. The van der Waals surface area contributed by atoms with E-state index >= 15 is 0 Å². The van der Waals surface area contributed by atoms with Gasteiger partial charge in [0.2, 0.25) is 0 Å². The van der Waals surface area contributed by atoms with Crippen LogP contribution in [0, 0.1) is 5.82 Å². The van der Waals surface area contributed by atoms with Gasteiger partial charge in [0.15, 0.2) is 0 Å². The van der Waals surface area contributed by atoms with E-state index in [1.54, 1.807) is 12.1 Å². The van der Waals surface area contributed by atoms with E-state index in [1.165, 1.54) is 31.7 Å². The molecule has 3 heteroatoms. The van der Waals surface area contributed by atoms with Crippen molar-refractivity contribution in [3.05, 3.63) is 35.6 Å². The summed E-state index contributed by atoms with van der Waals surface area (Å²) in [6, 6.07) is 6.94. The first-order valence-corrected chi connectivity index (χ1v) is 7.40. The topological polar surface area (TPSA) is 29.3 Å². The standard InChI is InChI=1S/C16H25FN2/c1-2-10-19(16(13-18)8-3-4-9-16)12-14-6-5-7-15(17)11-14/h5-7,11H,2-4,8-10,12-13,18H2,1H3. The highest BCUT2D eigenvalue weighted by Gasteiger charge is 2.37. The van der Waals surface area contributed by atoms with E-state index in [9.17, 15) is 4.39 Å². The van der Waals surface area contributed by atoms with Crippen LogP contribution in [0.25, 0.3) is 0 Å². The molecule has 2 N–H and O–H groups in total. The van der Waals surface area contributed by atoms with Crippen molar-refractivity contribution in [3.8, 4) is 0 Å². The minimum atomic E-state index is -0.151. The minimum absolute atomic E-state index is 0.141. The summed E-state index contributed by atoms with van der Waals surface area (Å²) in [6.07, 6.45) is 6.00. The van der Waals surface area contributed by atoms with E-state index in [0.29, 0.717) is 6.54 Å². The average molecular weight is 264 g/mol. The van der Waals surface area contributed by atoms with Gasteiger partial charge in [0, 0.05) is 18.6 Å². The lowest BCUT2D eigenvalue weighted by Gasteiger charge is -2.41. The molecule has 0 aromatic heterocycles. The summed E-state index contributed by atoms with van der Waals surface area (Å²) in [5.41, 5.74) is 7.26. The van der Waals surface area contributed by atoms with Crippen molar-refractivity contribution in [2.45, 2.75) is 51.1 Å². The van der Waals surface area contributed by atoms with Gasteiger partial charge >= 0.3 is 0 Å². The van der Waals surface area contributed by atoms with E-state index in [-0.39, 0.29) is 11.4 Å². The van der Waals surface area contributed by atoms with Gasteiger partial charge in [-0.15, -0.1) is 0 Å². The van der Waals surface area contributed by atoms with Gasteiger partial charge in [-0.1, -0.05) is 31.9 Å². The molecule has 0 saturated heterocycles. The van der Waals surface area contributed by atoms with Crippen molar-refractivity contribution in [3.63, 3.8) is 0 Å². The van der Waals surface area contributed by atoms with E-state index in [4.69, 9.17) is 5.73 Å². The Balaban J connectivity index is 2.15. The Morgan fingerprint density at radius 2 is 2.05 bits per heavy atom. The molecule has 0 radical (unpaired) electrons. The zero-order chi connectivity index (χ0) is 13.7. The third-order valence-corrected chi connectivity index (χ3v) is 4.34. The molecule has 1 aromatic carbocycles. The molecule has 1 aliphatic carbocycles. The van der Waals surface area contributed by atoms with Gasteiger partial charge in [0.05, 0.1) is 0 Å². The summed E-state index contributed by atoms with van der Waals surface area (Å²) >= 11 is 0. The monoisotopic (exact) mass is 264 g/mol. The van der Waals surface area contributed by atoms with E-state index in [1.807, 2.05) is 6.07 Å². The number of benzene rings is 1. The van der Waals surface area contributed by atoms with Gasteiger partial charge in [-0.25, -0.2) is 4.39 Å². The highest BCUT2D eigenvalue weighted by molar-refractivity contribution is 5.17. The SMILES string of the molecule is CCCN(Cc1cccc(F)c1)C1(CN)CCCC1. The molecule has 2 nitrogen and oxygen atoms in total. The van der Waals surface area contributed by atoms with Crippen LogP contribution in [0.5, 0.6) is 0 Å². The zero-order valence-electron chi connectivity index (χ0n) is 11.9. The predicted molar refractivity (Wildman–Crippen MR) is 77.4 cm³/mol. The fourth-order valence-electron chi connectivity index (χ4n) is 3.29. The van der Waals surface area contributed by atoms with Gasteiger partial charge in [-0.3, -0.25) is 4.90 Å². The molecule has 1 saturated carbocycles. The number of rotatable bonds is 6. The first-order valence-electron chi connectivity index (χ1n) is 7.40. The quantitative estimate of drug-likeness (QED) is 0.854. The Bertz CT molecular complexity index is 399. The first-order chi connectivity index (χ1) is 9.20. The Labute approximate surface area is 115 Å². The number of hydrogen-bond acceptors (Lipinski definition) is 2. The van der Waals surface area contributed by atoms with Crippen LogP contribution in [-0.2, 0) is 6.54 Å². The minimum Gasteiger partial charge on any atom is -0.329 e. The van der Waals surface area contributed by atoms with Crippen molar-refractivity contribution in [1.82, 2.24) is 4.90 Å². The fraction of sp³-hybridized carbons (Fsp3) is 0.625. The highest BCUT2D eigenvalue weighted by Crippen LogP contribution is 2.35. The van der Waals surface area contributed by atoms with Crippen molar-refractivity contribution in [2.24, 2.45) is 5.73 Å². The summed E-state index contributed by atoms with van der Waals surface area (Å²) < 4.78 is 13.3. The Hall–Kier alpha value is -0.930. The van der Waals surface area contributed by atoms with E-state index in [2.05, 4.69) is 11.8 Å². The van der Waals surface area contributed by atoms with Crippen molar-refractivity contribution < 1.29 is 4.39 Å². The van der Waals surface area contributed by atoms with Crippen LogP contribution in [0.1, 0.15) is 44.6 Å². The molecule has 0 aliphatic heterocycles. The second-order valence-corrected chi connectivity index (χ2v) is 5.69. The maximum Gasteiger partial charge on any atom is 0.123 e. The molecular weight excluding hydrogens is 239 g/mol. The lowest BCUT2D eigenvalue weighted by atomic mass is 9.94. The van der Waals surface area contributed by atoms with Gasteiger partial charge in [-0.2, -0.15) is 0 Å².